The maximum atomic E-state index is 10.7. The Bertz CT molecular complexity index is 361. The molecule has 1 fully saturated rings. The first-order valence-corrected chi connectivity index (χ1v) is 7.16. The number of hydrogen-bond donors (Lipinski definition) is 1. The lowest BCUT2D eigenvalue weighted by Crippen LogP contribution is -2.24. The molecule has 16 heavy (non-hydrogen) atoms. The second kappa shape index (κ2) is 4.50. The summed E-state index contributed by atoms with van der Waals surface area (Å²) < 4.78 is 0. The number of thiophene rings is 1. The Morgan fingerprint density at radius 1 is 1.38 bits per heavy atom. The highest BCUT2D eigenvalue weighted by molar-refractivity contribution is 7.12. The predicted octanol–water partition coefficient (Wildman–Crippen LogP) is 4.37. The van der Waals surface area contributed by atoms with Crippen LogP contribution in [-0.4, -0.2) is 5.11 Å². The molecule has 1 aliphatic rings. The Kier molecular flexibility index (Phi) is 3.41. The molecule has 1 heterocycles. The largest absolute Gasteiger partial charge is 0.387 e. The Hall–Kier alpha value is -0.340. The molecule has 0 aliphatic heterocycles. The summed E-state index contributed by atoms with van der Waals surface area (Å²) in [5.74, 6) is 0. The number of rotatable bonds is 3. The summed E-state index contributed by atoms with van der Waals surface area (Å²) in [5.41, 5.74) is 1.44. The Labute approximate surface area is 103 Å². The topological polar surface area (TPSA) is 20.2 Å². The highest BCUT2D eigenvalue weighted by Crippen LogP contribution is 2.51. The van der Waals surface area contributed by atoms with Gasteiger partial charge in [-0.2, -0.15) is 0 Å². The van der Waals surface area contributed by atoms with Gasteiger partial charge in [-0.05, 0) is 44.7 Å². The molecule has 90 valence electrons. The van der Waals surface area contributed by atoms with Crippen molar-refractivity contribution >= 4 is 11.3 Å². The van der Waals surface area contributed by atoms with Crippen molar-refractivity contribution in [2.24, 2.45) is 5.41 Å². The van der Waals surface area contributed by atoms with Crippen LogP contribution >= 0.6 is 11.3 Å². The normalized spacial score (nSPS) is 21.2. The number of hydrogen-bond acceptors (Lipinski definition) is 2. The maximum absolute atomic E-state index is 10.7. The van der Waals surface area contributed by atoms with E-state index in [2.05, 4.69) is 26.8 Å². The first kappa shape index (κ1) is 12.1. The van der Waals surface area contributed by atoms with E-state index in [9.17, 15) is 5.11 Å². The van der Waals surface area contributed by atoms with E-state index in [0.29, 0.717) is 0 Å². The zero-order valence-electron chi connectivity index (χ0n) is 10.5. The minimum absolute atomic E-state index is 0.169. The van der Waals surface area contributed by atoms with Crippen molar-refractivity contribution in [2.75, 3.05) is 0 Å². The average molecular weight is 238 g/mol. The summed E-state index contributed by atoms with van der Waals surface area (Å²) in [7, 11) is 0. The second-order valence-corrected chi connectivity index (χ2v) is 6.52. The highest BCUT2D eigenvalue weighted by Gasteiger charge is 2.40. The van der Waals surface area contributed by atoms with Crippen molar-refractivity contribution in [3.05, 3.63) is 21.4 Å². The van der Waals surface area contributed by atoms with Crippen molar-refractivity contribution in [1.29, 1.82) is 0 Å². The number of aliphatic hydroxyl groups is 1. The van der Waals surface area contributed by atoms with Crippen molar-refractivity contribution in [2.45, 2.75) is 59.0 Å². The van der Waals surface area contributed by atoms with E-state index in [1.807, 2.05) is 0 Å². The molecule has 1 saturated carbocycles. The van der Waals surface area contributed by atoms with Crippen LogP contribution in [0.4, 0.5) is 0 Å². The molecule has 0 aromatic carbocycles. The minimum atomic E-state index is -0.237. The molecule has 1 unspecified atom stereocenters. The Balaban J connectivity index is 2.29. The van der Waals surface area contributed by atoms with E-state index < -0.39 is 0 Å². The molecule has 0 spiro atoms. The van der Waals surface area contributed by atoms with Crippen LogP contribution in [0, 0.1) is 19.3 Å². The minimum Gasteiger partial charge on any atom is -0.387 e. The molecular weight excluding hydrogens is 216 g/mol. The van der Waals surface area contributed by atoms with Gasteiger partial charge in [-0.3, -0.25) is 0 Å². The van der Waals surface area contributed by atoms with E-state index in [-0.39, 0.29) is 11.5 Å². The third kappa shape index (κ3) is 1.93. The van der Waals surface area contributed by atoms with Gasteiger partial charge in [-0.1, -0.05) is 19.8 Å². The van der Waals surface area contributed by atoms with Crippen LogP contribution in [0.3, 0.4) is 0 Å². The fourth-order valence-corrected chi connectivity index (χ4v) is 4.27. The molecule has 1 N–H and O–H groups in total. The quantitative estimate of drug-likeness (QED) is 0.829. The van der Waals surface area contributed by atoms with Crippen molar-refractivity contribution < 1.29 is 5.11 Å². The van der Waals surface area contributed by atoms with Gasteiger partial charge in [-0.25, -0.2) is 0 Å². The van der Waals surface area contributed by atoms with Gasteiger partial charge in [-0.15, -0.1) is 11.3 Å². The van der Waals surface area contributed by atoms with E-state index >= 15 is 0 Å². The Morgan fingerprint density at radius 2 is 2.00 bits per heavy atom. The van der Waals surface area contributed by atoms with E-state index in [0.717, 1.165) is 6.42 Å². The third-order valence-corrected chi connectivity index (χ3v) is 5.42. The summed E-state index contributed by atoms with van der Waals surface area (Å²) in [5, 5.41) is 10.7. The van der Waals surface area contributed by atoms with E-state index in [4.69, 9.17) is 0 Å². The smallest absolute Gasteiger partial charge is 0.0940 e. The van der Waals surface area contributed by atoms with Gasteiger partial charge in [0.1, 0.15) is 0 Å². The number of aliphatic hydroxyl groups excluding tert-OH is 1. The van der Waals surface area contributed by atoms with Gasteiger partial charge in [0.2, 0.25) is 0 Å². The molecule has 1 aromatic heterocycles. The number of aryl methyl sites for hydroxylation is 2. The first-order valence-electron chi connectivity index (χ1n) is 6.34. The fraction of sp³-hybridized carbons (Fsp3) is 0.714. The third-order valence-electron chi connectivity index (χ3n) is 4.21. The lowest BCUT2D eigenvalue weighted by atomic mass is 9.77. The Morgan fingerprint density at radius 3 is 2.44 bits per heavy atom. The van der Waals surface area contributed by atoms with Crippen LogP contribution in [0.1, 0.15) is 60.4 Å². The van der Waals surface area contributed by atoms with Crippen molar-refractivity contribution in [3.8, 4) is 0 Å². The zero-order valence-corrected chi connectivity index (χ0v) is 11.4. The monoisotopic (exact) mass is 238 g/mol. The molecule has 1 nitrogen and oxygen atoms in total. The van der Waals surface area contributed by atoms with Crippen LogP contribution in [0.5, 0.6) is 0 Å². The lowest BCUT2D eigenvalue weighted by molar-refractivity contribution is 0.0261. The molecule has 2 heteroatoms. The standard InChI is InChI=1S/C14H22OS/c1-4-14(7-5-6-8-14)13(15)12-10(2)9-11(3)16-12/h9,13,15H,4-8H2,1-3H3. The SMILES string of the molecule is CCC1(C(O)c2sc(C)cc2C)CCCC1. The molecule has 0 bridgehead atoms. The van der Waals surface area contributed by atoms with E-state index in [1.54, 1.807) is 11.3 Å². The van der Waals surface area contributed by atoms with Gasteiger partial charge >= 0.3 is 0 Å². The van der Waals surface area contributed by atoms with Gasteiger partial charge in [0.25, 0.3) is 0 Å². The molecule has 2 rings (SSSR count). The molecular formula is C14H22OS. The molecule has 1 aliphatic carbocycles. The molecule has 0 saturated heterocycles. The molecule has 1 aromatic rings. The van der Waals surface area contributed by atoms with Crippen LogP contribution in [0.25, 0.3) is 0 Å². The molecule has 1 atom stereocenters. The van der Waals surface area contributed by atoms with Gasteiger partial charge in [0.05, 0.1) is 6.10 Å². The van der Waals surface area contributed by atoms with E-state index in [1.165, 1.54) is 41.0 Å². The van der Waals surface area contributed by atoms with Crippen LogP contribution < -0.4 is 0 Å². The summed E-state index contributed by atoms with van der Waals surface area (Å²) in [6.45, 7) is 6.48. The second-order valence-electron chi connectivity index (χ2n) is 5.23. The lowest BCUT2D eigenvalue weighted by Gasteiger charge is -2.33. The van der Waals surface area contributed by atoms with Crippen LogP contribution in [-0.2, 0) is 0 Å². The first-order chi connectivity index (χ1) is 7.59. The summed E-state index contributed by atoms with van der Waals surface area (Å²) in [6, 6.07) is 2.20. The van der Waals surface area contributed by atoms with Gasteiger partial charge < -0.3 is 5.11 Å². The average Bonchev–Trinajstić information content (AvgIpc) is 2.85. The van der Waals surface area contributed by atoms with Gasteiger partial charge in [0, 0.05) is 15.2 Å². The van der Waals surface area contributed by atoms with Crippen molar-refractivity contribution in [3.63, 3.8) is 0 Å². The maximum Gasteiger partial charge on any atom is 0.0940 e. The fourth-order valence-electron chi connectivity index (χ4n) is 3.11. The van der Waals surface area contributed by atoms with Gasteiger partial charge in [0.15, 0.2) is 0 Å². The van der Waals surface area contributed by atoms with Crippen LogP contribution in [0.2, 0.25) is 0 Å². The molecule has 0 amide bonds. The summed E-state index contributed by atoms with van der Waals surface area (Å²) >= 11 is 1.77. The van der Waals surface area contributed by atoms with Crippen molar-refractivity contribution in [1.82, 2.24) is 0 Å². The summed E-state index contributed by atoms with van der Waals surface area (Å²) in [4.78, 5) is 2.53. The van der Waals surface area contributed by atoms with Crippen LogP contribution in [0.15, 0.2) is 6.07 Å². The predicted molar refractivity (Wildman–Crippen MR) is 69.9 cm³/mol. The highest BCUT2D eigenvalue weighted by atomic mass is 32.1. The zero-order chi connectivity index (χ0) is 11.8. The molecule has 0 radical (unpaired) electrons. The summed E-state index contributed by atoms with van der Waals surface area (Å²) in [6.07, 6.45) is 5.83.